The van der Waals surface area contributed by atoms with E-state index < -0.39 is 0 Å². The van der Waals surface area contributed by atoms with Crippen LogP contribution in [0.25, 0.3) is 0 Å². The lowest BCUT2D eigenvalue weighted by Crippen LogP contribution is -2.43. The van der Waals surface area contributed by atoms with Gasteiger partial charge in [-0.2, -0.15) is 0 Å². The van der Waals surface area contributed by atoms with Crippen molar-refractivity contribution in [2.24, 2.45) is 4.99 Å². The number of aryl methyl sites for hydroxylation is 1. The number of halogens is 1. The first-order valence-electron chi connectivity index (χ1n) is 9.93. The Kier molecular flexibility index (Phi) is 10.2. The molecule has 1 aromatic carbocycles. The molecule has 8 heteroatoms. The number of nitrogens with zero attached hydrogens (tertiary/aromatic N) is 3. The molecule has 29 heavy (non-hydrogen) atoms. The Bertz CT molecular complexity index is 759. The van der Waals surface area contributed by atoms with Crippen LogP contribution in [0.1, 0.15) is 34.3 Å². The first kappa shape index (κ1) is 23.9. The number of hydrogen-bond acceptors (Lipinski definition) is 5. The standard InChI is InChI=1S/C21H31N5OS.HI/c1-16-14-24-20(28-16)10-11-23-21(22-2)25-15-19(26-12-4-5-13-26)17-6-8-18(27-3)9-7-17;/h6-9,14,19H,4-5,10-13,15H2,1-3H3,(H2,22,23,25);1H. The summed E-state index contributed by atoms with van der Waals surface area (Å²) in [4.78, 5) is 12.6. The number of rotatable bonds is 8. The maximum absolute atomic E-state index is 5.31. The molecule has 1 aliphatic rings. The van der Waals surface area contributed by atoms with Crippen LogP contribution in [0, 0.1) is 6.92 Å². The summed E-state index contributed by atoms with van der Waals surface area (Å²) in [6.45, 7) is 6.03. The summed E-state index contributed by atoms with van der Waals surface area (Å²) in [6.07, 6.45) is 5.38. The number of ether oxygens (including phenoxy) is 1. The van der Waals surface area contributed by atoms with Gasteiger partial charge in [-0.25, -0.2) is 4.98 Å². The van der Waals surface area contributed by atoms with Crippen molar-refractivity contribution >= 4 is 41.3 Å². The summed E-state index contributed by atoms with van der Waals surface area (Å²) in [7, 11) is 3.53. The molecule has 3 rings (SSSR count). The highest BCUT2D eigenvalue weighted by Gasteiger charge is 2.23. The molecule has 1 saturated heterocycles. The smallest absolute Gasteiger partial charge is 0.191 e. The molecule has 1 fully saturated rings. The molecule has 0 aliphatic carbocycles. The topological polar surface area (TPSA) is 61.8 Å². The molecule has 1 aromatic heterocycles. The Morgan fingerprint density at radius 3 is 2.55 bits per heavy atom. The van der Waals surface area contributed by atoms with Gasteiger partial charge in [0.1, 0.15) is 5.75 Å². The number of likely N-dealkylation sites (tertiary alicyclic amines) is 1. The lowest BCUT2D eigenvalue weighted by molar-refractivity contribution is 0.245. The average molecular weight is 529 g/mol. The molecule has 2 N–H and O–H groups in total. The van der Waals surface area contributed by atoms with E-state index in [1.54, 1.807) is 18.4 Å². The number of nitrogens with one attached hydrogen (secondary N) is 2. The van der Waals surface area contributed by atoms with E-state index >= 15 is 0 Å². The number of aromatic nitrogens is 1. The summed E-state index contributed by atoms with van der Waals surface area (Å²) in [6, 6.07) is 8.76. The Hall–Kier alpha value is -1.39. The van der Waals surface area contributed by atoms with Gasteiger partial charge in [-0.3, -0.25) is 9.89 Å². The molecule has 1 unspecified atom stereocenters. The van der Waals surface area contributed by atoms with Gasteiger partial charge >= 0.3 is 0 Å². The zero-order valence-electron chi connectivity index (χ0n) is 17.5. The van der Waals surface area contributed by atoms with Gasteiger partial charge in [0, 0.05) is 37.6 Å². The van der Waals surface area contributed by atoms with Gasteiger partial charge in [0.2, 0.25) is 0 Å². The largest absolute Gasteiger partial charge is 0.497 e. The van der Waals surface area contributed by atoms with Gasteiger partial charge in [0.05, 0.1) is 18.2 Å². The third-order valence-electron chi connectivity index (χ3n) is 5.07. The van der Waals surface area contributed by atoms with Crippen LogP contribution in [0.2, 0.25) is 0 Å². The number of guanidine groups is 1. The highest BCUT2D eigenvalue weighted by atomic mass is 127. The second-order valence-electron chi connectivity index (χ2n) is 7.03. The Morgan fingerprint density at radius 2 is 1.97 bits per heavy atom. The average Bonchev–Trinajstić information content (AvgIpc) is 3.39. The van der Waals surface area contributed by atoms with E-state index in [9.17, 15) is 0 Å². The molecule has 0 saturated carbocycles. The Morgan fingerprint density at radius 1 is 1.24 bits per heavy atom. The zero-order valence-corrected chi connectivity index (χ0v) is 20.6. The summed E-state index contributed by atoms with van der Waals surface area (Å²) < 4.78 is 5.31. The Balaban J connectivity index is 0.00000300. The van der Waals surface area contributed by atoms with E-state index in [1.165, 1.54) is 23.3 Å². The fourth-order valence-corrected chi connectivity index (χ4v) is 4.34. The van der Waals surface area contributed by atoms with Crippen LogP contribution in [0.15, 0.2) is 35.5 Å². The highest BCUT2D eigenvalue weighted by Crippen LogP contribution is 2.26. The summed E-state index contributed by atoms with van der Waals surface area (Å²) in [5.41, 5.74) is 1.31. The lowest BCUT2D eigenvalue weighted by atomic mass is 10.1. The van der Waals surface area contributed by atoms with Crippen molar-refractivity contribution in [2.75, 3.05) is 40.3 Å². The van der Waals surface area contributed by atoms with Gasteiger partial charge in [-0.1, -0.05) is 12.1 Å². The van der Waals surface area contributed by atoms with Gasteiger partial charge in [0.25, 0.3) is 0 Å². The second-order valence-corrected chi connectivity index (χ2v) is 8.35. The van der Waals surface area contributed by atoms with E-state index in [0.29, 0.717) is 6.04 Å². The minimum atomic E-state index is 0. The molecule has 6 nitrogen and oxygen atoms in total. The van der Waals surface area contributed by atoms with Gasteiger partial charge in [0.15, 0.2) is 5.96 Å². The van der Waals surface area contributed by atoms with Crippen molar-refractivity contribution in [3.63, 3.8) is 0 Å². The zero-order chi connectivity index (χ0) is 19.8. The van der Waals surface area contributed by atoms with Crippen LogP contribution in [-0.4, -0.2) is 56.2 Å². The maximum Gasteiger partial charge on any atom is 0.191 e. The molecule has 0 amide bonds. The summed E-state index contributed by atoms with van der Waals surface area (Å²) in [5.74, 6) is 1.73. The van der Waals surface area contributed by atoms with Crippen molar-refractivity contribution < 1.29 is 4.74 Å². The van der Waals surface area contributed by atoms with Crippen LogP contribution in [0.3, 0.4) is 0 Å². The number of benzene rings is 1. The van der Waals surface area contributed by atoms with Crippen molar-refractivity contribution in [1.29, 1.82) is 0 Å². The SMILES string of the molecule is CN=C(NCCc1ncc(C)s1)NCC(c1ccc(OC)cc1)N1CCCC1.I. The number of aliphatic imine (C=N–C) groups is 1. The van der Waals surface area contributed by atoms with Crippen molar-refractivity contribution in [3.05, 3.63) is 45.9 Å². The van der Waals surface area contributed by atoms with Gasteiger partial charge < -0.3 is 15.4 Å². The van der Waals surface area contributed by atoms with Crippen molar-refractivity contribution in [3.8, 4) is 5.75 Å². The molecule has 160 valence electrons. The molecule has 2 heterocycles. The first-order chi connectivity index (χ1) is 13.7. The molecule has 0 spiro atoms. The van der Waals surface area contributed by atoms with Gasteiger partial charge in [-0.15, -0.1) is 35.3 Å². The van der Waals surface area contributed by atoms with Crippen LogP contribution >= 0.6 is 35.3 Å². The number of thiazole rings is 1. The van der Waals surface area contributed by atoms with Crippen LogP contribution in [0.5, 0.6) is 5.75 Å². The molecule has 2 aromatic rings. The van der Waals surface area contributed by atoms with E-state index in [4.69, 9.17) is 4.74 Å². The van der Waals surface area contributed by atoms with Crippen LogP contribution < -0.4 is 15.4 Å². The van der Waals surface area contributed by atoms with E-state index in [2.05, 4.69) is 44.6 Å². The molecule has 1 aliphatic heterocycles. The third kappa shape index (κ3) is 7.11. The van der Waals surface area contributed by atoms with E-state index in [-0.39, 0.29) is 24.0 Å². The minimum absolute atomic E-state index is 0. The van der Waals surface area contributed by atoms with Crippen LogP contribution in [0.4, 0.5) is 0 Å². The Labute approximate surface area is 195 Å². The van der Waals surface area contributed by atoms with Crippen molar-refractivity contribution in [1.82, 2.24) is 20.5 Å². The fraction of sp³-hybridized carbons (Fsp3) is 0.524. The second kappa shape index (κ2) is 12.3. The van der Waals surface area contributed by atoms with E-state index in [0.717, 1.165) is 49.3 Å². The fourth-order valence-electron chi connectivity index (χ4n) is 3.56. The lowest BCUT2D eigenvalue weighted by Gasteiger charge is -2.29. The molecular weight excluding hydrogens is 497 g/mol. The van der Waals surface area contributed by atoms with E-state index in [1.807, 2.05) is 25.4 Å². The predicted octanol–water partition coefficient (Wildman–Crippen LogP) is 3.62. The number of methoxy groups -OCH3 is 1. The first-order valence-corrected chi connectivity index (χ1v) is 10.7. The maximum atomic E-state index is 5.31. The monoisotopic (exact) mass is 529 g/mol. The minimum Gasteiger partial charge on any atom is -0.497 e. The molecule has 0 bridgehead atoms. The summed E-state index contributed by atoms with van der Waals surface area (Å²) >= 11 is 1.75. The molecule has 0 radical (unpaired) electrons. The normalized spacial score (nSPS) is 15.6. The number of hydrogen-bond donors (Lipinski definition) is 2. The predicted molar refractivity (Wildman–Crippen MR) is 132 cm³/mol. The van der Waals surface area contributed by atoms with Crippen LogP contribution in [-0.2, 0) is 6.42 Å². The van der Waals surface area contributed by atoms with Crippen molar-refractivity contribution in [2.45, 2.75) is 32.2 Å². The third-order valence-corrected chi connectivity index (χ3v) is 6.04. The van der Waals surface area contributed by atoms with Gasteiger partial charge in [-0.05, 0) is 50.6 Å². The molecule has 1 atom stereocenters. The quantitative estimate of drug-likeness (QED) is 0.311. The summed E-state index contributed by atoms with van der Waals surface area (Å²) in [5, 5.41) is 8.08. The highest BCUT2D eigenvalue weighted by molar-refractivity contribution is 14.0. The molecular formula is C21H32IN5OS.